The minimum Gasteiger partial charge on any atom is -0.384 e. The maximum absolute atomic E-state index is 11.8. The number of hydrogen-bond acceptors (Lipinski definition) is 3. The maximum Gasteiger partial charge on any atom is 0.265 e. The van der Waals surface area contributed by atoms with E-state index in [1.807, 2.05) is 23.6 Å². The van der Waals surface area contributed by atoms with Crippen LogP contribution >= 0.6 is 11.3 Å². The molecular weight excluding hydrogens is 246 g/mol. The largest absolute Gasteiger partial charge is 0.384 e. The third-order valence-electron chi connectivity index (χ3n) is 2.42. The highest BCUT2D eigenvalue weighted by molar-refractivity contribution is 7.12. The lowest BCUT2D eigenvalue weighted by molar-refractivity contribution is 0.103. The van der Waals surface area contributed by atoms with Crippen molar-refractivity contribution in [2.75, 3.05) is 12.4 Å². The molecule has 0 aliphatic heterocycles. The Morgan fingerprint density at radius 1 is 1.28 bits per heavy atom. The van der Waals surface area contributed by atoms with Gasteiger partial charge in [-0.3, -0.25) is 9.79 Å². The molecule has 92 valence electrons. The van der Waals surface area contributed by atoms with Gasteiger partial charge in [-0.1, -0.05) is 6.07 Å². The van der Waals surface area contributed by atoms with Crippen molar-refractivity contribution in [2.45, 2.75) is 0 Å². The predicted octanol–water partition coefficient (Wildman–Crippen LogP) is 2.34. The molecule has 2 aromatic rings. The van der Waals surface area contributed by atoms with Gasteiger partial charge >= 0.3 is 0 Å². The lowest BCUT2D eigenvalue weighted by Crippen LogP contribution is -2.13. The smallest absolute Gasteiger partial charge is 0.265 e. The molecule has 3 N–H and O–H groups in total. The number of carbonyl (C=O) groups excluding carboxylic acids is 1. The molecule has 0 aliphatic carbocycles. The van der Waals surface area contributed by atoms with Crippen molar-refractivity contribution in [3.8, 4) is 0 Å². The summed E-state index contributed by atoms with van der Waals surface area (Å²) in [6, 6.07) is 10.9. The quantitative estimate of drug-likeness (QED) is 0.656. The van der Waals surface area contributed by atoms with Gasteiger partial charge in [0.1, 0.15) is 5.84 Å². The molecule has 0 fully saturated rings. The maximum atomic E-state index is 11.8. The van der Waals surface area contributed by atoms with Crippen molar-refractivity contribution in [2.24, 2.45) is 10.7 Å². The fourth-order valence-corrected chi connectivity index (χ4v) is 2.07. The number of amidine groups is 1. The van der Waals surface area contributed by atoms with E-state index < -0.39 is 0 Å². The van der Waals surface area contributed by atoms with Gasteiger partial charge in [-0.05, 0) is 35.7 Å². The zero-order valence-corrected chi connectivity index (χ0v) is 10.7. The topological polar surface area (TPSA) is 67.5 Å². The van der Waals surface area contributed by atoms with Crippen LogP contribution in [0.3, 0.4) is 0 Å². The molecule has 2 rings (SSSR count). The standard InChI is InChI=1S/C13H13N3OS/c1-15-12(14)9-4-6-10(7-5-9)16-13(17)11-3-2-8-18-11/h2-8H,1H3,(H2,14,15)(H,16,17). The molecule has 0 unspecified atom stereocenters. The summed E-state index contributed by atoms with van der Waals surface area (Å²) in [7, 11) is 1.64. The van der Waals surface area contributed by atoms with E-state index in [4.69, 9.17) is 5.73 Å². The lowest BCUT2D eigenvalue weighted by atomic mass is 10.2. The van der Waals surface area contributed by atoms with Gasteiger partial charge in [-0.15, -0.1) is 11.3 Å². The fraction of sp³-hybridized carbons (Fsp3) is 0.0769. The second kappa shape index (κ2) is 5.46. The number of nitrogens with two attached hydrogens (primary N) is 1. The van der Waals surface area contributed by atoms with Gasteiger partial charge in [-0.2, -0.15) is 0 Å². The second-order valence-electron chi connectivity index (χ2n) is 3.62. The molecule has 0 radical (unpaired) electrons. The lowest BCUT2D eigenvalue weighted by Gasteiger charge is -2.05. The van der Waals surface area contributed by atoms with E-state index in [9.17, 15) is 4.79 Å². The summed E-state index contributed by atoms with van der Waals surface area (Å²) < 4.78 is 0. The molecular formula is C13H13N3OS. The molecule has 0 saturated heterocycles. The van der Waals surface area contributed by atoms with Gasteiger partial charge in [0.15, 0.2) is 0 Å². The van der Waals surface area contributed by atoms with Crippen molar-refractivity contribution in [3.63, 3.8) is 0 Å². The minimum atomic E-state index is -0.102. The number of benzene rings is 1. The van der Waals surface area contributed by atoms with Crippen LogP contribution in [0.2, 0.25) is 0 Å². The number of nitrogens with zero attached hydrogens (tertiary/aromatic N) is 1. The Bertz CT molecular complexity index is 558. The first-order valence-corrected chi connectivity index (χ1v) is 6.26. The highest BCUT2D eigenvalue weighted by atomic mass is 32.1. The van der Waals surface area contributed by atoms with Gasteiger partial charge in [0.2, 0.25) is 0 Å². The number of amides is 1. The number of anilines is 1. The molecule has 1 aromatic heterocycles. The number of aliphatic imine (C=N–C) groups is 1. The molecule has 0 atom stereocenters. The van der Waals surface area contributed by atoms with Crippen LogP contribution < -0.4 is 11.1 Å². The Hall–Kier alpha value is -2.14. The van der Waals surface area contributed by atoms with Crippen molar-refractivity contribution >= 4 is 28.8 Å². The van der Waals surface area contributed by atoms with Crippen LogP contribution in [0.25, 0.3) is 0 Å². The Morgan fingerprint density at radius 3 is 2.56 bits per heavy atom. The first-order chi connectivity index (χ1) is 8.70. The van der Waals surface area contributed by atoms with Crippen LogP contribution in [-0.2, 0) is 0 Å². The van der Waals surface area contributed by atoms with Crippen LogP contribution in [0.5, 0.6) is 0 Å². The molecule has 0 bridgehead atoms. The Balaban J connectivity index is 2.09. The van der Waals surface area contributed by atoms with Gasteiger partial charge in [0, 0.05) is 18.3 Å². The third kappa shape index (κ3) is 2.75. The molecule has 18 heavy (non-hydrogen) atoms. The molecule has 1 amide bonds. The van der Waals surface area contributed by atoms with E-state index in [2.05, 4.69) is 10.3 Å². The van der Waals surface area contributed by atoms with Crippen molar-refractivity contribution in [1.29, 1.82) is 0 Å². The zero-order valence-electron chi connectivity index (χ0n) is 9.88. The van der Waals surface area contributed by atoms with Crippen molar-refractivity contribution in [3.05, 3.63) is 52.2 Å². The normalized spacial score (nSPS) is 11.3. The summed E-state index contributed by atoms with van der Waals surface area (Å²) in [6.07, 6.45) is 0. The summed E-state index contributed by atoms with van der Waals surface area (Å²) in [5.74, 6) is 0.376. The fourth-order valence-electron chi connectivity index (χ4n) is 1.45. The Labute approximate surface area is 109 Å². The van der Waals surface area contributed by atoms with Gasteiger partial charge < -0.3 is 11.1 Å². The summed E-state index contributed by atoms with van der Waals surface area (Å²) in [6.45, 7) is 0. The molecule has 0 aliphatic rings. The highest BCUT2D eigenvalue weighted by Crippen LogP contribution is 2.14. The van der Waals surface area contributed by atoms with E-state index in [-0.39, 0.29) is 5.91 Å². The summed E-state index contributed by atoms with van der Waals surface area (Å²) in [5, 5.41) is 4.69. The second-order valence-corrected chi connectivity index (χ2v) is 4.57. The first-order valence-electron chi connectivity index (χ1n) is 5.38. The average molecular weight is 259 g/mol. The number of nitrogens with one attached hydrogen (secondary N) is 1. The molecule has 0 saturated carbocycles. The van der Waals surface area contributed by atoms with E-state index in [1.54, 1.807) is 25.2 Å². The zero-order chi connectivity index (χ0) is 13.0. The Morgan fingerprint density at radius 2 is 2.00 bits per heavy atom. The predicted molar refractivity (Wildman–Crippen MR) is 75.4 cm³/mol. The van der Waals surface area contributed by atoms with Crippen molar-refractivity contribution < 1.29 is 4.79 Å². The molecule has 1 aromatic carbocycles. The minimum absolute atomic E-state index is 0.102. The first kappa shape index (κ1) is 12.3. The Kier molecular flexibility index (Phi) is 3.74. The van der Waals surface area contributed by atoms with Crippen LogP contribution in [0.15, 0.2) is 46.8 Å². The van der Waals surface area contributed by atoms with E-state index >= 15 is 0 Å². The van der Waals surface area contributed by atoms with E-state index in [0.717, 1.165) is 11.3 Å². The summed E-state index contributed by atoms with van der Waals surface area (Å²) >= 11 is 1.41. The average Bonchev–Trinajstić information content (AvgIpc) is 2.92. The van der Waals surface area contributed by atoms with E-state index in [0.29, 0.717) is 10.7 Å². The van der Waals surface area contributed by atoms with Gasteiger partial charge in [0.25, 0.3) is 5.91 Å². The molecule has 5 heteroatoms. The number of rotatable bonds is 3. The summed E-state index contributed by atoms with van der Waals surface area (Å²) in [4.78, 5) is 16.4. The molecule has 0 spiro atoms. The SMILES string of the molecule is CN=C(N)c1ccc(NC(=O)c2cccs2)cc1. The van der Waals surface area contributed by atoms with Crippen LogP contribution in [0.4, 0.5) is 5.69 Å². The highest BCUT2D eigenvalue weighted by Gasteiger charge is 2.06. The van der Waals surface area contributed by atoms with Crippen LogP contribution in [0.1, 0.15) is 15.2 Å². The van der Waals surface area contributed by atoms with Gasteiger partial charge in [0.05, 0.1) is 4.88 Å². The monoisotopic (exact) mass is 259 g/mol. The number of carbonyl (C=O) groups is 1. The molecule has 1 heterocycles. The summed E-state index contributed by atoms with van der Waals surface area (Å²) in [5.41, 5.74) is 7.26. The van der Waals surface area contributed by atoms with Gasteiger partial charge in [-0.25, -0.2) is 0 Å². The van der Waals surface area contributed by atoms with Crippen LogP contribution in [-0.4, -0.2) is 18.8 Å². The van der Waals surface area contributed by atoms with Crippen molar-refractivity contribution in [1.82, 2.24) is 0 Å². The number of hydrogen-bond donors (Lipinski definition) is 2. The number of thiophene rings is 1. The molecule has 4 nitrogen and oxygen atoms in total. The van der Waals surface area contributed by atoms with Crippen LogP contribution in [0, 0.1) is 0 Å². The third-order valence-corrected chi connectivity index (χ3v) is 3.29. The van der Waals surface area contributed by atoms with E-state index in [1.165, 1.54) is 11.3 Å².